The van der Waals surface area contributed by atoms with Gasteiger partial charge in [-0.1, -0.05) is 23.4 Å². The Morgan fingerprint density at radius 3 is 2.70 bits per heavy atom. The maximum Gasteiger partial charge on any atom is 0.342 e. The molecule has 0 bridgehead atoms. The molecule has 1 aliphatic rings. The van der Waals surface area contributed by atoms with Crippen molar-refractivity contribution in [3.05, 3.63) is 65.4 Å². The van der Waals surface area contributed by atoms with Gasteiger partial charge in [-0.15, -0.1) is 0 Å². The highest BCUT2D eigenvalue weighted by atomic mass is 32.2. The predicted octanol–water partition coefficient (Wildman–Crippen LogP) is 2.54. The number of nitrogens with zero attached hydrogens (tertiary/aromatic N) is 2. The van der Waals surface area contributed by atoms with Crippen molar-refractivity contribution in [1.29, 1.82) is 0 Å². The second-order valence-electron chi connectivity index (χ2n) is 7.27. The van der Waals surface area contributed by atoms with Crippen molar-refractivity contribution in [2.24, 2.45) is 0 Å². The van der Waals surface area contributed by atoms with Crippen molar-refractivity contribution >= 4 is 33.5 Å². The third-order valence-corrected chi connectivity index (χ3v) is 6.86. The normalized spacial score (nSPS) is 12.8. The van der Waals surface area contributed by atoms with Crippen LogP contribution in [-0.2, 0) is 26.0 Å². The van der Waals surface area contributed by atoms with Crippen LogP contribution in [0, 0.1) is 6.92 Å². The molecule has 0 spiro atoms. The van der Waals surface area contributed by atoms with E-state index in [0.29, 0.717) is 24.3 Å². The lowest BCUT2D eigenvalue weighted by molar-refractivity contribution is -0.119. The number of rotatable bonds is 7. The molecule has 4 rings (SSSR count). The molecule has 1 aromatic heterocycles. The molecule has 1 aliphatic heterocycles. The maximum atomic E-state index is 13.3. The van der Waals surface area contributed by atoms with Crippen molar-refractivity contribution in [3.63, 3.8) is 0 Å². The highest BCUT2D eigenvalue weighted by Gasteiger charge is 2.32. The highest BCUT2D eigenvalue weighted by molar-refractivity contribution is 7.92. The molecule has 0 radical (unpaired) electrons. The minimum atomic E-state index is -3.93. The van der Waals surface area contributed by atoms with Gasteiger partial charge >= 0.3 is 5.97 Å². The molecule has 2 heterocycles. The molecule has 33 heavy (non-hydrogen) atoms. The molecule has 0 unspecified atom stereocenters. The zero-order chi connectivity index (χ0) is 23.6. The number of benzene rings is 2. The first kappa shape index (κ1) is 22.3. The summed E-state index contributed by atoms with van der Waals surface area (Å²) in [5.41, 5.74) is 2.00. The fourth-order valence-corrected chi connectivity index (χ4v) is 5.03. The van der Waals surface area contributed by atoms with E-state index in [2.05, 4.69) is 10.5 Å². The summed E-state index contributed by atoms with van der Waals surface area (Å²) in [6.07, 6.45) is 0.598. The molecule has 0 saturated carbocycles. The lowest BCUT2D eigenvalue weighted by atomic mass is 10.2. The van der Waals surface area contributed by atoms with E-state index in [1.807, 2.05) is 12.1 Å². The lowest BCUT2D eigenvalue weighted by Crippen LogP contribution is -2.29. The summed E-state index contributed by atoms with van der Waals surface area (Å²) in [7, 11) is -2.59. The lowest BCUT2D eigenvalue weighted by Gasteiger charge is -2.20. The van der Waals surface area contributed by atoms with Gasteiger partial charge in [0.1, 0.15) is 11.3 Å². The zero-order valence-electron chi connectivity index (χ0n) is 17.9. The smallest absolute Gasteiger partial charge is 0.342 e. The number of anilines is 2. The first-order valence-corrected chi connectivity index (χ1v) is 11.4. The highest BCUT2D eigenvalue weighted by Crippen LogP contribution is 2.34. The average Bonchev–Trinajstić information content (AvgIpc) is 3.43. The summed E-state index contributed by atoms with van der Waals surface area (Å²) in [6.45, 7) is 1.38. The van der Waals surface area contributed by atoms with E-state index in [9.17, 15) is 18.0 Å². The van der Waals surface area contributed by atoms with Crippen LogP contribution >= 0.6 is 0 Å². The molecule has 11 heteroatoms. The molecule has 0 saturated heterocycles. The van der Waals surface area contributed by atoms with Crippen LogP contribution in [0.2, 0.25) is 0 Å². The van der Waals surface area contributed by atoms with E-state index in [-0.39, 0.29) is 22.1 Å². The number of para-hydroxylation sites is 1. The number of carbonyl (C=O) groups is 2. The van der Waals surface area contributed by atoms with Gasteiger partial charge in [0.25, 0.3) is 15.9 Å². The predicted molar refractivity (Wildman–Crippen MR) is 118 cm³/mol. The van der Waals surface area contributed by atoms with E-state index in [4.69, 9.17) is 14.0 Å². The monoisotopic (exact) mass is 471 g/mol. The van der Waals surface area contributed by atoms with Crippen LogP contribution in [0.15, 0.2) is 57.9 Å². The minimum Gasteiger partial charge on any atom is -0.496 e. The molecule has 0 fully saturated rings. The number of methoxy groups -OCH3 is 1. The van der Waals surface area contributed by atoms with Crippen molar-refractivity contribution in [3.8, 4) is 5.75 Å². The van der Waals surface area contributed by atoms with Gasteiger partial charge in [-0.3, -0.25) is 14.4 Å². The molecular formula is C22H21N3O7S. The van der Waals surface area contributed by atoms with Gasteiger partial charge in [0.15, 0.2) is 6.61 Å². The largest absolute Gasteiger partial charge is 0.496 e. The molecule has 172 valence electrons. The minimum absolute atomic E-state index is 0.0893. The number of carbonyl (C=O) groups excluding carboxylic acids is 2. The second kappa shape index (κ2) is 8.94. The van der Waals surface area contributed by atoms with Crippen molar-refractivity contribution in [2.45, 2.75) is 18.2 Å². The van der Waals surface area contributed by atoms with E-state index in [1.54, 1.807) is 19.1 Å². The third-order valence-electron chi connectivity index (χ3n) is 5.05. The van der Waals surface area contributed by atoms with Crippen molar-refractivity contribution < 1.29 is 32.0 Å². The summed E-state index contributed by atoms with van der Waals surface area (Å²) in [4.78, 5) is 24.6. The van der Waals surface area contributed by atoms with E-state index in [1.165, 1.54) is 35.7 Å². The summed E-state index contributed by atoms with van der Waals surface area (Å²) < 4.78 is 43.0. The summed E-state index contributed by atoms with van der Waals surface area (Å²) in [5.74, 6) is -1.32. The van der Waals surface area contributed by atoms with Crippen LogP contribution in [-0.4, -0.2) is 45.7 Å². The Bertz CT molecular complexity index is 1320. The number of amides is 1. The molecule has 1 amide bonds. The van der Waals surface area contributed by atoms with Crippen LogP contribution in [0.4, 0.5) is 11.6 Å². The average molecular weight is 471 g/mol. The third kappa shape index (κ3) is 4.53. The van der Waals surface area contributed by atoms with Crippen LogP contribution in [0.25, 0.3) is 0 Å². The topological polar surface area (TPSA) is 128 Å². The molecule has 0 atom stereocenters. The van der Waals surface area contributed by atoms with Crippen LogP contribution in [0.3, 0.4) is 0 Å². The number of sulfonamides is 1. The Kier molecular flexibility index (Phi) is 6.05. The fourth-order valence-electron chi connectivity index (χ4n) is 3.50. The van der Waals surface area contributed by atoms with Gasteiger partial charge < -0.3 is 14.0 Å². The number of nitrogens with one attached hydrogen (secondary N) is 1. The van der Waals surface area contributed by atoms with Gasteiger partial charge in [0.2, 0.25) is 5.88 Å². The summed E-state index contributed by atoms with van der Waals surface area (Å²) in [5, 5.41) is 6.04. The number of hydrogen-bond acceptors (Lipinski definition) is 8. The SMILES string of the molecule is COc1ccc(S(=O)(=O)N2CCc3ccccc32)cc1C(=O)OCC(=O)Nc1cc(C)no1. The van der Waals surface area contributed by atoms with Crippen molar-refractivity contribution in [1.82, 2.24) is 5.16 Å². The van der Waals surface area contributed by atoms with Gasteiger partial charge in [-0.05, 0) is 43.2 Å². The van der Waals surface area contributed by atoms with E-state index in [0.717, 1.165) is 5.56 Å². The van der Waals surface area contributed by atoms with E-state index >= 15 is 0 Å². The Labute approximate surface area is 190 Å². The quantitative estimate of drug-likeness (QED) is 0.521. The Balaban J connectivity index is 1.53. The molecule has 1 N–H and O–H groups in total. The summed E-state index contributed by atoms with van der Waals surface area (Å²) in [6, 6.07) is 12.7. The standard InChI is InChI=1S/C22H21N3O7S/c1-14-11-21(32-24-14)23-20(26)13-31-22(27)17-12-16(7-8-19(17)30-2)33(28,29)25-10-9-15-5-3-4-6-18(15)25/h3-8,11-12H,9-10,13H2,1-2H3,(H,23,26). The number of esters is 1. The number of hydrogen-bond donors (Lipinski definition) is 1. The van der Waals surface area contributed by atoms with E-state index < -0.39 is 28.5 Å². The Morgan fingerprint density at radius 1 is 1.18 bits per heavy atom. The Morgan fingerprint density at radius 2 is 1.97 bits per heavy atom. The van der Waals surface area contributed by atoms with Crippen LogP contribution in [0.5, 0.6) is 5.75 Å². The maximum absolute atomic E-state index is 13.3. The molecule has 2 aromatic carbocycles. The van der Waals surface area contributed by atoms with Gasteiger partial charge in [0, 0.05) is 12.6 Å². The molecule has 0 aliphatic carbocycles. The number of ether oxygens (including phenoxy) is 2. The molecular weight excluding hydrogens is 450 g/mol. The van der Waals surface area contributed by atoms with Crippen LogP contribution in [0.1, 0.15) is 21.6 Å². The fraction of sp³-hybridized carbons (Fsp3) is 0.227. The van der Waals surface area contributed by atoms with Gasteiger partial charge in [-0.25, -0.2) is 13.2 Å². The van der Waals surface area contributed by atoms with Gasteiger partial charge in [-0.2, -0.15) is 0 Å². The van der Waals surface area contributed by atoms with Gasteiger partial charge in [0.05, 0.1) is 23.4 Å². The number of aromatic nitrogens is 1. The first-order valence-electron chi connectivity index (χ1n) is 9.98. The number of aryl methyl sites for hydroxylation is 1. The van der Waals surface area contributed by atoms with Crippen molar-refractivity contribution in [2.75, 3.05) is 29.9 Å². The first-order chi connectivity index (χ1) is 15.8. The van der Waals surface area contributed by atoms with Crippen LogP contribution < -0.4 is 14.4 Å². The number of fused-ring (bicyclic) bond motifs is 1. The summed E-state index contributed by atoms with van der Waals surface area (Å²) >= 11 is 0. The zero-order valence-corrected chi connectivity index (χ0v) is 18.7. The Hall–Kier alpha value is -3.86. The molecule has 10 nitrogen and oxygen atoms in total. The molecule has 3 aromatic rings. The second-order valence-corrected chi connectivity index (χ2v) is 9.14.